The zero-order valence-corrected chi connectivity index (χ0v) is 11.0. The molecule has 104 valence electrons. The van der Waals surface area contributed by atoms with Gasteiger partial charge in [0.1, 0.15) is 0 Å². The highest BCUT2D eigenvalue weighted by Gasteiger charge is 2.32. The average molecular weight is 263 g/mol. The Morgan fingerprint density at radius 1 is 1.21 bits per heavy atom. The summed E-state index contributed by atoms with van der Waals surface area (Å²) < 4.78 is 0. The quantitative estimate of drug-likeness (QED) is 0.878. The molecule has 0 aromatic heterocycles. The van der Waals surface area contributed by atoms with Crippen molar-refractivity contribution in [1.82, 2.24) is 4.90 Å². The average Bonchev–Trinajstić information content (AvgIpc) is 2.45. The van der Waals surface area contributed by atoms with Crippen molar-refractivity contribution in [3.8, 4) is 0 Å². The number of benzene rings is 1. The third kappa shape index (κ3) is 3.47. The molecule has 0 aliphatic heterocycles. The van der Waals surface area contributed by atoms with Crippen molar-refractivity contribution in [1.29, 1.82) is 0 Å². The summed E-state index contributed by atoms with van der Waals surface area (Å²) in [5, 5.41) is 18.9. The molecule has 4 heteroatoms. The molecular formula is C15H21NO3. The maximum absolute atomic E-state index is 11.5. The summed E-state index contributed by atoms with van der Waals surface area (Å²) in [4.78, 5) is 13.0. The summed E-state index contributed by atoms with van der Waals surface area (Å²) in [7, 11) is 0. The molecular weight excluding hydrogens is 242 g/mol. The van der Waals surface area contributed by atoms with Crippen LogP contribution in [0.2, 0.25) is 0 Å². The van der Waals surface area contributed by atoms with Gasteiger partial charge in [-0.05, 0) is 18.4 Å². The zero-order chi connectivity index (χ0) is 13.7. The number of rotatable bonds is 4. The van der Waals surface area contributed by atoms with Gasteiger partial charge >= 0.3 is 6.09 Å². The molecule has 0 radical (unpaired) electrons. The summed E-state index contributed by atoms with van der Waals surface area (Å²) in [5.74, 6) is 0.0774. The summed E-state index contributed by atoms with van der Waals surface area (Å²) >= 11 is 0. The van der Waals surface area contributed by atoms with E-state index in [1.54, 1.807) is 0 Å². The number of carbonyl (C=O) groups is 1. The van der Waals surface area contributed by atoms with E-state index in [4.69, 9.17) is 0 Å². The SMILES string of the molecule is O=C(O)N(Cc1ccccc1)[C@@H]1CCCC[C@H]1CO. The van der Waals surface area contributed by atoms with Gasteiger partial charge in [0.15, 0.2) is 0 Å². The highest BCUT2D eigenvalue weighted by atomic mass is 16.4. The van der Waals surface area contributed by atoms with Crippen LogP contribution in [0.15, 0.2) is 30.3 Å². The first-order chi connectivity index (χ1) is 9.22. The molecule has 1 aromatic carbocycles. The first-order valence-corrected chi connectivity index (χ1v) is 6.86. The maximum Gasteiger partial charge on any atom is 0.407 e. The van der Waals surface area contributed by atoms with E-state index in [0.29, 0.717) is 6.54 Å². The molecule has 0 spiro atoms. The molecule has 0 unspecified atom stereocenters. The third-order valence-corrected chi connectivity index (χ3v) is 3.95. The van der Waals surface area contributed by atoms with Crippen LogP contribution < -0.4 is 0 Å². The van der Waals surface area contributed by atoms with Crippen molar-refractivity contribution in [2.75, 3.05) is 6.61 Å². The number of carboxylic acid groups (broad SMARTS) is 1. The van der Waals surface area contributed by atoms with Gasteiger partial charge in [-0.3, -0.25) is 0 Å². The van der Waals surface area contributed by atoms with Crippen LogP contribution in [0.5, 0.6) is 0 Å². The fraction of sp³-hybridized carbons (Fsp3) is 0.533. The Hall–Kier alpha value is -1.55. The van der Waals surface area contributed by atoms with Gasteiger partial charge < -0.3 is 15.1 Å². The largest absolute Gasteiger partial charge is 0.465 e. The van der Waals surface area contributed by atoms with Gasteiger partial charge in [-0.2, -0.15) is 0 Å². The molecule has 1 aliphatic rings. The lowest BCUT2D eigenvalue weighted by molar-refractivity contribution is 0.0575. The molecule has 0 heterocycles. The van der Waals surface area contributed by atoms with Crippen molar-refractivity contribution in [3.63, 3.8) is 0 Å². The number of aliphatic hydroxyl groups is 1. The standard InChI is InChI=1S/C15H21NO3/c17-11-13-8-4-5-9-14(13)16(15(18)19)10-12-6-2-1-3-7-12/h1-3,6-7,13-14,17H,4-5,8-11H2,(H,18,19)/t13-,14+/m0/s1. The minimum atomic E-state index is -0.894. The number of aliphatic hydroxyl groups excluding tert-OH is 1. The molecule has 2 rings (SSSR count). The van der Waals surface area contributed by atoms with Crippen molar-refractivity contribution < 1.29 is 15.0 Å². The maximum atomic E-state index is 11.5. The minimum Gasteiger partial charge on any atom is -0.465 e. The Kier molecular flexibility index (Phi) is 4.80. The normalized spacial score (nSPS) is 23.0. The van der Waals surface area contributed by atoms with Crippen LogP contribution >= 0.6 is 0 Å². The second-order valence-electron chi connectivity index (χ2n) is 5.19. The van der Waals surface area contributed by atoms with Gasteiger partial charge in [0.2, 0.25) is 0 Å². The molecule has 19 heavy (non-hydrogen) atoms. The number of nitrogens with zero attached hydrogens (tertiary/aromatic N) is 1. The summed E-state index contributed by atoms with van der Waals surface area (Å²) in [5.41, 5.74) is 0.993. The van der Waals surface area contributed by atoms with E-state index in [-0.39, 0.29) is 18.6 Å². The smallest absolute Gasteiger partial charge is 0.407 e. The molecule has 1 aliphatic carbocycles. The third-order valence-electron chi connectivity index (χ3n) is 3.95. The summed E-state index contributed by atoms with van der Waals surface area (Å²) in [6, 6.07) is 9.57. The van der Waals surface area contributed by atoms with Gasteiger partial charge in [0.25, 0.3) is 0 Å². The summed E-state index contributed by atoms with van der Waals surface area (Å²) in [6.45, 7) is 0.473. The highest BCUT2D eigenvalue weighted by molar-refractivity contribution is 5.65. The number of amides is 1. The van der Waals surface area contributed by atoms with E-state index in [1.807, 2.05) is 30.3 Å². The van der Waals surface area contributed by atoms with Crippen molar-refractivity contribution in [2.24, 2.45) is 5.92 Å². The second kappa shape index (κ2) is 6.57. The molecule has 2 atom stereocenters. The molecule has 4 nitrogen and oxygen atoms in total. The fourth-order valence-corrected chi connectivity index (χ4v) is 2.92. The van der Waals surface area contributed by atoms with E-state index in [9.17, 15) is 15.0 Å². The van der Waals surface area contributed by atoms with Gasteiger partial charge in [-0.25, -0.2) is 4.79 Å². The predicted molar refractivity (Wildman–Crippen MR) is 72.8 cm³/mol. The van der Waals surface area contributed by atoms with Gasteiger partial charge in [-0.1, -0.05) is 43.2 Å². The van der Waals surface area contributed by atoms with Crippen molar-refractivity contribution >= 4 is 6.09 Å². The molecule has 1 fully saturated rings. The molecule has 2 N–H and O–H groups in total. The zero-order valence-electron chi connectivity index (χ0n) is 11.0. The van der Waals surface area contributed by atoms with Gasteiger partial charge in [-0.15, -0.1) is 0 Å². The first-order valence-electron chi connectivity index (χ1n) is 6.86. The lowest BCUT2D eigenvalue weighted by atomic mass is 9.84. The molecule has 1 aromatic rings. The van der Waals surface area contributed by atoms with Gasteiger partial charge in [0.05, 0.1) is 0 Å². The van der Waals surface area contributed by atoms with Crippen molar-refractivity contribution in [3.05, 3.63) is 35.9 Å². The molecule has 1 amide bonds. The Balaban J connectivity index is 2.12. The number of hydrogen-bond acceptors (Lipinski definition) is 2. The molecule has 0 saturated heterocycles. The fourth-order valence-electron chi connectivity index (χ4n) is 2.92. The van der Waals surface area contributed by atoms with E-state index in [2.05, 4.69) is 0 Å². The lowest BCUT2D eigenvalue weighted by Gasteiger charge is -2.37. The van der Waals surface area contributed by atoms with E-state index in [0.717, 1.165) is 31.2 Å². The van der Waals surface area contributed by atoms with Gasteiger partial charge in [0, 0.05) is 25.1 Å². The van der Waals surface area contributed by atoms with Crippen molar-refractivity contribution in [2.45, 2.75) is 38.3 Å². The van der Waals surface area contributed by atoms with Crippen LogP contribution in [-0.2, 0) is 6.54 Å². The van der Waals surface area contributed by atoms with Crippen LogP contribution in [0.25, 0.3) is 0 Å². The Morgan fingerprint density at radius 2 is 1.89 bits per heavy atom. The van der Waals surface area contributed by atoms with E-state index >= 15 is 0 Å². The van der Waals surface area contributed by atoms with Crippen LogP contribution in [0, 0.1) is 5.92 Å². The minimum absolute atomic E-state index is 0.0588. The van der Waals surface area contributed by atoms with Crippen LogP contribution in [0.3, 0.4) is 0 Å². The Morgan fingerprint density at radius 3 is 2.53 bits per heavy atom. The number of hydrogen-bond donors (Lipinski definition) is 2. The van der Waals surface area contributed by atoms with Crippen LogP contribution in [0.4, 0.5) is 4.79 Å². The Bertz CT molecular complexity index is 407. The first kappa shape index (κ1) is 13.9. The summed E-state index contributed by atoms with van der Waals surface area (Å²) in [6.07, 6.45) is 3.00. The van der Waals surface area contributed by atoms with Crippen LogP contribution in [-0.4, -0.2) is 33.9 Å². The molecule has 0 bridgehead atoms. The Labute approximate surface area is 113 Å². The molecule has 1 saturated carbocycles. The monoisotopic (exact) mass is 263 g/mol. The van der Waals surface area contributed by atoms with E-state index < -0.39 is 6.09 Å². The van der Waals surface area contributed by atoms with Crippen LogP contribution in [0.1, 0.15) is 31.2 Å². The topological polar surface area (TPSA) is 60.8 Å². The van der Waals surface area contributed by atoms with E-state index in [1.165, 1.54) is 4.90 Å². The predicted octanol–water partition coefficient (Wildman–Crippen LogP) is 2.72. The lowest BCUT2D eigenvalue weighted by Crippen LogP contribution is -2.46. The highest BCUT2D eigenvalue weighted by Crippen LogP contribution is 2.29. The second-order valence-corrected chi connectivity index (χ2v) is 5.19.